The second-order valence-corrected chi connectivity index (χ2v) is 10.4. The average Bonchev–Trinajstić information content (AvgIpc) is 2.66. The first-order valence-corrected chi connectivity index (χ1v) is 11.5. The molecule has 0 heterocycles. The SMILES string of the molecule is CC(C)c1ccc(NC(=O)CCC(=O)N[C@H](C)C23CC4CC(CC(C4)C2)C3)cc1. The molecule has 4 fully saturated rings. The Balaban J connectivity index is 1.24. The number of rotatable bonds is 7. The zero-order valence-electron chi connectivity index (χ0n) is 18.2. The van der Waals surface area contributed by atoms with Gasteiger partial charge >= 0.3 is 0 Å². The molecule has 1 atom stereocenters. The van der Waals surface area contributed by atoms with Gasteiger partial charge in [-0.25, -0.2) is 0 Å². The van der Waals surface area contributed by atoms with E-state index >= 15 is 0 Å². The Morgan fingerprint density at radius 3 is 1.93 bits per heavy atom. The number of hydrogen-bond acceptors (Lipinski definition) is 2. The number of carbonyl (C=O) groups is 2. The van der Waals surface area contributed by atoms with Crippen LogP contribution in [0.3, 0.4) is 0 Å². The van der Waals surface area contributed by atoms with E-state index in [2.05, 4.69) is 31.4 Å². The number of carbonyl (C=O) groups excluding carboxylic acids is 2. The minimum atomic E-state index is -0.0973. The molecule has 5 rings (SSSR count). The van der Waals surface area contributed by atoms with E-state index in [1.807, 2.05) is 24.3 Å². The molecule has 4 aliphatic carbocycles. The summed E-state index contributed by atoms with van der Waals surface area (Å²) in [6.07, 6.45) is 8.58. The fraction of sp³-hybridized carbons (Fsp3) is 0.680. The molecule has 1 aromatic rings. The van der Waals surface area contributed by atoms with Crippen LogP contribution in [0.1, 0.15) is 83.6 Å². The summed E-state index contributed by atoms with van der Waals surface area (Å²) in [5.41, 5.74) is 2.35. The quantitative estimate of drug-likeness (QED) is 0.661. The number of hydrogen-bond donors (Lipinski definition) is 2. The van der Waals surface area contributed by atoms with Crippen molar-refractivity contribution in [3.63, 3.8) is 0 Å². The van der Waals surface area contributed by atoms with Gasteiger partial charge in [0.1, 0.15) is 0 Å². The lowest BCUT2D eigenvalue weighted by atomic mass is 9.48. The standard InChI is InChI=1S/C25H36N2O2/c1-16(2)21-4-6-22(7-5-21)27-24(29)9-8-23(28)26-17(3)25-13-18-10-19(14-25)12-20(11-18)15-25/h4-7,16-20H,8-15H2,1-3H3,(H,26,28)(H,27,29)/t17-,18?,19?,20?,25?/m1/s1. The molecule has 4 heteroatoms. The van der Waals surface area contributed by atoms with Gasteiger partial charge in [-0.3, -0.25) is 9.59 Å². The van der Waals surface area contributed by atoms with Gasteiger partial charge < -0.3 is 10.6 Å². The van der Waals surface area contributed by atoms with Crippen molar-refractivity contribution in [2.24, 2.45) is 23.2 Å². The van der Waals surface area contributed by atoms with Crippen molar-refractivity contribution >= 4 is 17.5 Å². The molecule has 0 saturated heterocycles. The summed E-state index contributed by atoms with van der Waals surface area (Å²) in [6, 6.07) is 8.17. The van der Waals surface area contributed by atoms with E-state index in [4.69, 9.17) is 0 Å². The fourth-order valence-electron chi connectivity index (χ4n) is 6.58. The minimum Gasteiger partial charge on any atom is -0.353 e. The Bertz CT molecular complexity index is 717. The van der Waals surface area contributed by atoms with Gasteiger partial charge in [-0.05, 0) is 92.2 Å². The van der Waals surface area contributed by atoms with E-state index in [0.717, 1.165) is 23.4 Å². The predicted molar refractivity (Wildman–Crippen MR) is 117 cm³/mol. The van der Waals surface area contributed by atoms with Crippen LogP contribution in [-0.4, -0.2) is 17.9 Å². The van der Waals surface area contributed by atoms with Gasteiger partial charge in [0.25, 0.3) is 0 Å². The third-order valence-corrected chi connectivity index (χ3v) is 7.82. The van der Waals surface area contributed by atoms with Crippen LogP contribution in [0, 0.1) is 23.2 Å². The molecule has 0 radical (unpaired) electrons. The van der Waals surface area contributed by atoms with E-state index in [1.165, 1.54) is 44.1 Å². The van der Waals surface area contributed by atoms with Crippen LogP contribution in [0.2, 0.25) is 0 Å². The van der Waals surface area contributed by atoms with Crippen LogP contribution < -0.4 is 10.6 Å². The smallest absolute Gasteiger partial charge is 0.224 e. The van der Waals surface area contributed by atoms with Crippen molar-refractivity contribution in [3.05, 3.63) is 29.8 Å². The maximum absolute atomic E-state index is 12.5. The van der Waals surface area contributed by atoms with Crippen molar-refractivity contribution in [3.8, 4) is 0 Å². The second kappa shape index (κ2) is 8.12. The number of nitrogens with one attached hydrogen (secondary N) is 2. The molecule has 0 unspecified atom stereocenters. The van der Waals surface area contributed by atoms with E-state index in [1.54, 1.807) is 0 Å². The Hall–Kier alpha value is -1.84. The van der Waals surface area contributed by atoms with Crippen molar-refractivity contribution < 1.29 is 9.59 Å². The summed E-state index contributed by atoms with van der Waals surface area (Å²) in [4.78, 5) is 24.8. The van der Waals surface area contributed by atoms with Gasteiger partial charge in [-0.1, -0.05) is 26.0 Å². The van der Waals surface area contributed by atoms with Gasteiger partial charge in [-0.15, -0.1) is 0 Å². The highest BCUT2D eigenvalue weighted by atomic mass is 16.2. The maximum Gasteiger partial charge on any atom is 0.224 e. The first-order chi connectivity index (χ1) is 13.8. The van der Waals surface area contributed by atoms with Crippen LogP contribution in [0.25, 0.3) is 0 Å². The highest BCUT2D eigenvalue weighted by Gasteiger charge is 2.53. The molecule has 0 aliphatic heterocycles. The second-order valence-electron chi connectivity index (χ2n) is 10.4. The molecule has 0 aromatic heterocycles. The predicted octanol–water partition coefficient (Wildman–Crippen LogP) is 5.25. The van der Waals surface area contributed by atoms with Crippen molar-refractivity contribution in [1.29, 1.82) is 0 Å². The highest BCUT2D eigenvalue weighted by Crippen LogP contribution is 2.61. The third-order valence-electron chi connectivity index (χ3n) is 7.82. The van der Waals surface area contributed by atoms with Gasteiger partial charge in [0.2, 0.25) is 11.8 Å². The summed E-state index contributed by atoms with van der Waals surface area (Å²) < 4.78 is 0. The summed E-state index contributed by atoms with van der Waals surface area (Å²) in [5.74, 6) is 3.04. The Morgan fingerprint density at radius 2 is 1.41 bits per heavy atom. The Labute approximate surface area is 175 Å². The van der Waals surface area contributed by atoms with Crippen LogP contribution in [0.4, 0.5) is 5.69 Å². The van der Waals surface area contributed by atoms with Crippen LogP contribution in [0.15, 0.2) is 24.3 Å². The van der Waals surface area contributed by atoms with Gasteiger partial charge in [-0.2, -0.15) is 0 Å². The zero-order valence-corrected chi connectivity index (χ0v) is 18.2. The molecule has 2 N–H and O–H groups in total. The number of anilines is 1. The van der Waals surface area contributed by atoms with Crippen molar-refractivity contribution in [2.75, 3.05) is 5.32 Å². The third kappa shape index (κ3) is 4.51. The highest BCUT2D eigenvalue weighted by molar-refractivity contribution is 5.93. The van der Waals surface area contributed by atoms with Crippen LogP contribution >= 0.6 is 0 Å². The molecular weight excluding hydrogens is 360 g/mol. The van der Waals surface area contributed by atoms with E-state index in [9.17, 15) is 9.59 Å². The molecule has 29 heavy (non-hydrogen) atoms. The normalized spacial score (nSPS) is 31.0. The Kier molecular flexibility index (Phi) is 5.72. The van der Waals surface area contributed by atoms with Crippen LogP contribution in [-0.2, 0) is 9.59 Å². The molecule has 4 nitrogen and oxygen atoms in total. The van der Waals surface area contributed by atoms with E-state index in [-0.39, 0.29) is 30.7 Å². The first kappa shape index (κ1) is 20.4. The molecule has 2 amide bonds. The summed E-state index contributed by atoms with van der Waals surface area (Å²) >= 11 is 0. The van der Waals surface area contributed by atoms with Gasteiger partial charge in [0, 0.05) is 24.6 Å². The lowest BCUT2D eigenvalue weighted by Gasteiger charge is -2.59. The largest absolute Gasteiger partial charge is 0.353 e. The summed E-state index contributed by atoms with van der Waals surface area (Å²) in [6.45, 7) is 6.49. The van der Waals surface area contributed by atoms with Crippen molar-refractivity contribution in [1.82, 2.24) is 5.32 Å². The van der Waals surface area contributed by atoms with E-state index in [0.29, 0.717) is 11.3 Å². The first-order valence-electron chi connectivity index (χ1n) is 11.5. The fourth-order valence-corrected chi connectivity index (χ4v) is 6.58. The average molecular weight is 397 g/mol. The Morgan fingerprint density at radius 1 is 0.897 bits per heavy atom. The van der Waals surface area contributed by atoms with Crippen LogP contribution in [0.5, 0.6) is 0 Å². The minimum absolute atomic E-state index is 0.0125. The molecular formula is C25H36N2O2. The molecule has 4 aliphatic rings. The molecule has 158 valence electrons. The molecule has 4 bridgehead atoms. The summed E-state index contributed by atoms with van der Waals surface area (Å²) in [5, 5.41) is 6.16. The van der Waals surface area contributed by atoms with Crippen molar-refractivity contribution in [2.45, 2.75) is 84.1 Å². The topological polar surface area (TPSA) is 58.2 Å². The molecule has 1 aromatic carbocycles. The maximum atomic E-state index is 12.5. The summed E-state index contributed by atoms with van der Waals surface area (Å²) in [7, 11) is 0. The lowest BCUT2D eigenvalue weighted by molar-refractivity contribution is -0.128. The zero-order chi connectivity index (χ0) is 20.6. The van der Waals surface area contributed by atoms with E-state index < -0.39 is 0 Å². The lowest BCUT2D eigenvalue weighted by Crippen LogP contribution is -2.55. The van der Waals surface area contributed by atoms with Gasteiger partial charge in [0.05, 0.1) is 0 Å². The van der Waals surface area contributed by atoms with Gasteiger partial charge in [0.15, 0.2) is 0 Å². The molecule has 4 saturated carbocycles. The monoisotopic (exact) mass is 396 g/mol. The molecule has 0 spiro atoms. The number of benzene rings is 1. The number of amides is 2.